The number of nitrogens with zero attached hydrogens (tertiary/aromatic N) is 4. The Bertz CT molecular complexity index is 957. The van der Waals surface area contributed by atoms with Gasteiger partial charge in [0.05, 0.1) is 5.69 Å². The minimum Gasteiger partial charge on any atom is -0.306 e. The zero-order valence-corrected chi connectivity index (χ0v) is 17.5. The van der Waals surface area contributed by atoms with Crippen LogP contribution in [0, 0.1) is 0 Å². The molecule has 1 aliphatic rings. The summed E-state index contributed by atoms with van der Waals surface area (Å²) in [5, 5.41) is 10.1. The fourth-order valence-corrected chi connectivity index (χ4v) is 3.20. The van der Waals surface area contributed by atoms with Crippen LogP contribution in [0.25, 0.3) is 0 Å². The smallest absolute Gasteiger partial charge is 0.306 e. The van der Waals surface area contributed by atoms with Gasteiger partial charge in [-0.1, -0.05) is 32.9 Å². The summed E-state index contributed by atoms with van der Waals surface area (Å²) in [4.78, 5) is 37.5. The van der Waals surface area contributed by atoms with Gasteiger partial charge in [-0.3, -0.25) is 14.3 Å². The number of hydrogen-bond donors (Lipinski definition) is 1. The summed E-state index contributed by atoms with van der Waals surface area (Å²) in [6, 6.07) is 8.12. The Kier molecular flexibility index (Phi) is 5.46. The van der Waals surface area contributed by atoms with Crippen molar-refractivity contribution in [3.05, 3.63) is 47.3 Å². The summed E-state index contributed by atoms with van der Waals surface area (Å²) in [5.41, 5.74) is 2.10. The molecule has 8 heteroatoms. The number of aryl methyl sites for hydroxylation is 1. The molecule has 1 aliphatic heterocycles. The monoisotopic (exact) mass is 397 g/mol. The Balaban J connectivity index is 1.78. The van der Waals surface area contributed by atoms with Crippen LogP contribution in [0.1, 0.15) is 60.7 Å². The van der Waals surface area contributed by atoms with E-state index >= 15 is 0 Å². The largest absolute Gasteiger partial charge is 0.340 e. The summed E-state index contributed by atoms with van der Waals surface area (Å²) in [5.74, 6) is -0.342. The molecule has 1 N–H and O–H groups in total. The molecule has 0 bridgehead atoms. The summed E-state index contributed by atoms with van der Waals surface area (Å²) in [6.45, 7) is 8.47. The standard InChI is InChI=1S/C21H27N5O3/c1-14(27)15-8-6-9-16(12-15)22-20(29)26-11-7-10-25(26)19(28)17-13-18(21(2,3)4)23-24(17)5/h6,8-9,12-13H,7,10-11H2,1-5H3,(H,22,29). The molecule has 8 nitrogen and oxygen atoms in total. The van der Waals surface area contributed by atoms with Gasteiger partial charge >= 0.3 is 6.03 Å². The van der Waals surface area contributed by atoms with Crippen molar-refractivity contribution in [1.82, 2.24) is 19.8 Å². The Morgan fingerprint density at radius 1 is 1.07 bits per heavy atom. The zero-order valence-electron chi connectivity index (χ0n) is 17.5. The van der Waals surface area contributed by atoms with E-state index in [9.17, 15) is 14.4 Å². The first-order chi connectivity index (χ1) is 13.6. The number of aromatic nitrogens is 2. The van der Waals surface area contributed by atoms with Gasteiger partial charge in [-0.15, -0.1) is 0 Å². The Hall–Kier alpha value is -3.16. The molecule has 3 amide bonds. The molecular formula is C21H27N5O3. The van der Waals surface area contributed by atoms with Crippen molar-refractivity contribution in [2.45, 2.75) is 39.5 Å². The van der Waals surface area contributed by atoms with E-state index < -0.39 is 6.03 Å². The maximum absolute atomic E-state index is 13.1. The predicted molar refractivity (Wildman–Crippen MR) is 110 cm³/mol. The second-order valence-electron chi connectivity index (χ2n) is 8.26. The molecule has 0 aliphatic carbocycles. The average Bonchev–Trinajstić information content (AvgIpc) is 3.28. The molecule has 3 rings (SSSR count). The lowest BCUT2D eigenvalue weighted by Crippen LogP contribution is -2.47. The third kappa shape index (κ3) is 4.31. The van der Waals surface area contributed by atoms with Crippen LogP contribution in [-0.4, -0.2) is 50.6 Å². The van der Waals surface area contributed by atoms with Crippen molar-refractivity contribution in [3.8, 4) is 0 Å². The number of hydrazine groups is 1. The molecule has 1 aromatic heterocycles. The first-order valence-corrected chi connectivity index (χ1v) is 9.64. The van der Waals surface area contributed by atoms with Gasteiger partial charge in [-0.05, 0) is 31.5 Å². The fourth-order valence-electron chi connectivity index (χ4n) is 3.20. The number of nitrogens with one attached hydrogen (secondary N) is 1. The van der Waals surface area contributed by atoms with E-state index in [1.165, 1.54) is 16.9 Å². The number of benzene rings is 1. The van der Waals surface area contributed by atoms with E-state index in [1.807, 2.05) is 20.8 Å². The molecule has 2 heterocycles. The molecule has 154 valence electrons. The van der Waals surface area contributed by atoms with E-state index in [-0.39, 0.29) is 17.1 Å². The van der Waals surface area contributed by atoms with E-state index in [1.54, 1.807) is 42.1 Å². The van der Waals surface area contributed by atoms with Gasteiger partial charge in [0.1, 0.15) is 5.69 Å². The number of carbonyl (C=O) groups is 3. The highest BCUT2D eigenvalue weighted by Crippen LogP contribution is 2.23. The van der Waals surface area contributed by atoms with Gasteiger partial charge in [-0.2, -0.15) is 5.10 Å². The van der Waals surface area contributed by atoms with Crippen molar-refractivity contribution in [1.29, 1.82) is 0 Å². The SMILES string of the molecule is CC(=O)c1cccc(NC(=O)N2CCCN2C(=O)c2cc(C(C)(C)C)nn2C)c1. The van der Waals surface area contributed by atoms with Gasteiger partial charge in [0.25, 0.3) is 5.91 Å². The second kappa shape index (κ2) is 7.69. The minimum atomic E-state index is -0.408. The molecule has 2 aromatic rings. The lowest BCUT2D eigenvalue weighted by Gasteiger charge is -2.27. The number of amides is 3. The van der Waals surface area contributed by atoms with Crippen LogP contribution in [0.3, 0.4) is 0 Å². The number of hydrogen-bond acceptors (Lipinski definition) is 4. The number of carbonyl (C=O) groups excluding carboxylic acids is 3. The molecule has 29 heavy (non-hydrogen) atoms. The zero-order chi connectivity index (χ0) is 21.3. The van der Waals surface area contributed by atoms with Crippen LogP contribution in [0.2, 0.25) is 0 Å². The summed E-state index contributed by atoms with van der Waals surface area (Å²) >= 11 is 0. The van der Waals surface area contributed by atoms with Crippen molar-refractivity contribution in [2.24, 2.45) is 7.05 Å². The molecule has 1 aromatic carbocycles. The van der Waals surface area contributed by atoms with Crippen molar-refractivity contribution >= 4 is 23.4 Å². The molecule has 0 unspecified atom stereocenters. The lowest BCUT2D eigenvalue weighted by molar-refractivity contribution is 0.0393. The van der Waals surface area contributed by atoms with Gasteiger partial charge in [0, 0.05) is 36.8 Å². The quantitative estimate of drug-likeness (QED) is 0.806. The number of anilines is 1. The molecule has 1 saturated heterocycles. The Labute approximate surface area is 170 Å². The normalized spacial score (nSPS) is 14.2. The van der Waals surface area contributed by atoms with Crippen LogP contribution in [0.15, 0.2) is 30.3 Å². The minimum absolute atomic E-state index is 0.0788. The van der Waals surface area contributed by atoms with E-state index in [0.717, 1.165) is 5.69 Å². The highest BCUT2D eigenvalue weighted by molar-refractivity contribution is 5.98. The van der Waals surface area contributed by atoms with Crippen molar-refractivity contribution in [2.75, 3.05) is 18.4 Å². The summed E-state index contributed by atoms with van der Waals surface area (Å²) < 4.78 is 1.56. The van der Waals surface area contributed by atoms with Crippen molar-refractivity contribution < 1.29 is 14.4 Å². The first kappa shape index (κ1) is 20.6. The third-order valence-electron chi connectivity index (χ3n) is 4.89. The lowest BCUT2D eigenvalue weighted by atomic mass is 9.92. The van der Waals surface area contributed by atoms with E-state index in [2.05, 4.69) is 10.4 Å². The molecule has 0 spiro atoms. The molecule has 1 fully saturated rings. The van der Waals surface area contributed by atoms with Gasteiger partial charge in [0.15, 0.2) is 5.78 Å². The number of urea groups is 1. The van der Waals surface area contributed by atoms with Crippen LogP contribution in [0.5, 0.6) is 0 Å². The fraction of sp³-hybridized carbons (Fsp3) is 0.429. The Morgan fingerprint density at radius 2 is 1.76 bits per heavy atom. The third-order valence-corrected chi connectivity index (χ3v) is 4.89. The van der Waals surface area contributed by atoms with Crippen LogP contribution in [0.4, 0.5) is 10.5 Å². The predicted octanol–water partition coefficient (Wildman–Crippen LogP) is 3.22. The van der Waals surface area contributed by atoms with Crippen molar-refractivity contribution in [3.63, 3.8) is 0 Å². The number of Topliss-reactive ketones (excluding diaryl/α,β-unsaturated/α-hetero) is 1. The summed E-state index contributed by atoms with van der Waals surface area (Å²) in [6.07, 6.45) is 0.691. The number of rotatable bonds is 3. The topological polar surface area (TPSA) is 87.5 Å². The Morgan fingerprint density at radius 3 is 2.38 bits per heavy atom. The van der Waals surface area contributed by atoms with Crippen LogP contribution in [-0.2, 0) is 12.5 Å². The van der Waals surface area contributed by atoms with E-state index in [4.69, 9.17) is 0 Å². The molecular weight excluding hydrogens is 370 g/mol. The van der Waals surface area contributed by atoms with Crippen LogP contribution >= 0.6 is 0 Å². The molecule has 0 atom stereocenters. The number of ketones is 1. The van der Waals surface area contributed by atoms with Gasteiger partial charge < -0.3 is 5.32 Å². The molecule has 0 radical (unpaired) electrons. The first-order valence-electron chi connectivity index (χ1n) is 9.64. The molecule has 0 saturated carbocycles. The van der Waals surface area contributed by atoms with E-state index in [0.29, 0.717) is 36.5 Å². The van der Waals surface area contributed by atoms with Gasteiger partial charge in [0.2, 0.25) is 0 Å². The average molecular weight is 397 g/mol. The summed E-state index contributed by atoms with van der Waals surface area (Å²) in [7, 11) is 1.73. The highest BCUT2D eigenvalue weighted by Gasteiger charge is 2.33. The maximum Gasteiger partial charge on any atom is 0.340 e. The highest BCUT2D eigenvalue weighted by atomic mass is 16.2. The maximum atomic E-state index is 13.1. The van der Waals surface area contributed by atoms with Crippen LogP contribution < -0.4 is 5.32 Å². The van der Waals surface area contributed by atoms with Gasteiger partial charge in [-0.25, -0.2) is 14.8 Å². The second-order valence-corrected chi connectivity index (χ2v) is 8.26.